The van der Waals surface area contributed by atoms with Crippen molar-refractivity contribution in [3.63, 3.8) is 0 Å². The molecule has 0 amide bonds. The van der Waals surface area contributed by atoms with Crippen molar-refractivity contribution in [2.24, 2.45) is 0 Å². The van der Waals surface area contributed by atoms with Crippen LogP contribution in [0.25, 0.3) is 0 Å². The van der Waals surface area contributed by atoms with Crippen LogP contribution < -0.4 is 0 Å². The molecule has 0 aromatic rings. The molecule has 0 heterocycles. The van der Waals surface area contributed by atoms with E-state index in [-0.39, 0.29) is 0 Å². The van der Waals surface area contributed by atoms with Crippen molar-refractivity contribution in [1.82, 2.24) is 0 Å². The van der Waals surface area contributed by atoms with Crippen LogP contribution in [0.1, 0.15) is 6.42 Å². The summed E-state index contributed by atoms with van der Waals surface area (Å²) in [5.41, 5.74) is 0. The normalized spacial score (nSPS) is 31.1. The molecule has 27 heavy (non-hydrogen) atoms. The first-order chi connectivity index (χ1) is 11.8. The van der Waals surface area contributed by atoms with Crippen LogP contribution >= 0.6 is 31.3 Å². The Morgan fingerprint density at radius 3 is 1.26 bits per heavy atom. The predicted molar refractivity (Wildman–Crippen MR) is 78.3 cm³/mol. The number of phosphoric ester groups is 4. The fourth-order valence-corrected chi connectivity index (χ4v) is 4.52. The zero-order valence-electron chi connectivity index (χ0n) is 12.7. The van der Waals surface area contributed by atoms with Crippen molar-refractivity contribution < 1.29 is 80.6 Å². The van der Waals surface area contributed by atoms with Gasteiger partial charge in [0.2, 0.25) is 0 Å². The van der Waals surface area contributed by atoms with Gasteiger partial charge in [-0.3, -0.25) is 18.1 Å². The van der Waals surface area contributed by atoms with Gasteiger partial charge in [-0.2, -0.15) is 0 Å². The molecule has 0 aromatic carbocycles. The first-order valence-electron chi connectivity index (χ1n) is 6.41. The quantitative estimate of drug-likeness (QED) is 0.163. The summed E-state index contributed by atoms with van der Waals surface area (Å²) in [6, 6.07) is 0. The molecule has 0 radical (unpaired) electrons. The Bertz CT molecular complexity index is 696. The number of hydrogen-bond donors (Lipinski definition) is 9. The maximum Gasteiger partial charge on any atom is 0.470 e. The molecule has 1 aliphatic carbocycles. The molecule has 162 valence electrons. The number of rotatable bonds is 8. The summed E-state index contributed by atoms with van der Waals surface area (Å²) in [4.78, 5) is 71.1. The van der Waals surface area contributed by atoms with Gasteiger partial charge in [0.25, 0.3) is 0 Å². The van der Waals surface area contributed by atoms with Gasteiger partial charge < -0.3 is 44.3 Å². The molecule has 1 rings (SSSR count). The maximum absolute atomic E-state index is 11.1. The summed E-state index contributed by atoms with van der Waals surface area (Å²) in [6.07, 6.45) is -12.6. The Kier molecular flexibility index (Phi) is 8.14. The summed E-state index contributed by atoms with van der Waals surface area (Å²) in [7, 11) is -21.9. The van der Waals surface area contributed by atoms with Gasteiger partial charge in [-0.1, -0.05) is 0 Å². The molecule has 0 aromatic heterocycles. The first-order valence-corrected chi connectivity index (χ1v) is 12.5. The van der Waals surface area contributed by atoms with Crippen LogP contribution in [0.15, 0.2) is 0 Å². The smallest absolute Gasteiger partial charge is 0.390 e. The lowest BCUT2D eigenvalue weighted by molar-refractivity contribution is -0.161. The summed E-state index contributed by atoms with van der Waals surface area (Å²) >= 11 is 0. The highest BCUT2D eigenvalue weighted by atomic mass is 31.2. The molecule has 0 bridgehead atoms. The third kappa shape index (κ3) is 9.63. The molecule has 9 N–H and O–H groups in total. The molecule has 0 aliphatic heterocycles. The number of aliphatic hydroxyl groups excluding tert-OH is 1. The lowest BCUT2D eigenvalue weighted by atomic mass is 9.87. The van der Waals surface area contributed by atoms with Crippen molar-refractivity contribution in [3.8, 4) is 0 Å². The van der Waals surface area contributed by atoms with E-state index in [2.05, 4.69) is 18.1 Å². The maximum atomic E-state index is 11.1. The summed E-state index contributed by atoms with van der Waals surface area (Å²) in [6.45, 7) is 0. The Balaban J connectivity index is 3.41. The minimum atomic E-state index is -5.57. The Morgan fingerprint density at radius 2 is 0.889 bits per heavy atom. The van der Waals surface area contributed by atoms with Gasteiger partial charge in [-0.15, -0.1) is 0 Å². The van der Waals surface area contributed by atoms with Crippen molar-refractivity contribution in [1.29, 1.82) is 0 Å². The van der Waals surface area contributed by atoms with E-state index >= 15 is 0 Å². The van der Waals surface area contributed by atoms with Crippen LogP contribution in [0.3, 0.4) is 0 Å². The molecule has 5 atom stereocenters. The Labute approximate surface area is 149 Å². The van der Waals surface area contributed by atoms with Crippen LogP contribution in [0.2, 0.25) is 0 Å². The second-order valence-corrected chi connectivity index (χ2v) is 9.89. The zero-order valence-corrected chi connectivity index (χ0v) is 16.3. The predicted octanol–water partition coefficient (Wildman–Crippen LogP) is -2.34. The van der Waals surface area contributed by atoms with Crippen LogP contribution in [0.5, 0.6) is 0 Å². The van der Waals surface area contributed by atoms with Crippen LogP contribution in [-0.2, 0) is 36.4 Å². The van der Waals surface area contributed by atoms with Crippen LogP contribution in [0, 0.1) is 0 Å². The molecule has 0 saturated heterocycles. The van der Waals surface area contributed by atoms with Crippen molar-refractivity contribution in [2.45, 2.75) is 36.9 Å². The van der Waals surface area contributed by atoms with E-state index in [1.165, 1.54) is 0 Å². The molecular weight excluding hydrogens is 468 g/mol. The minimum absolute atomic E-state index is 0.985. The van der Waals surface area contributed by atoms with E-state index in [0.717, 1.165) is 0 Å². The average Bonchev–Trinajstić information content (AvgIpc) is 2.32. The highest BCUT2D eigenvalue weighted by molar-refractivity contribution is 7.47. The van der Waals surface area contributed by atoms with Gasteiger partial charge in [0.15, 0.2) is 0 Å². The van der Waals surface area contributed by atoms with Gasteiger partial charge in [-0.05, 0) is 0 Å². The van der Waals surface area contributed by atoms with E-state index in [0.29, 0.717) is 0 Å². The molecular formula is C6H16O17P4. The molecule has 0 unspecified atom stereocenters. The standard InChI is InChI=1S/C6H16O17P4/c7-2-1-3(20-24(8,9)10)5(22-26(14,15)16)6(23-27(17,18)19)4(2)21-25(11,12)13/h2-7H,1H2,(H2,8,9,10)(H2,11,12,13)(H2,14,15,16)(H2,17,18,19)/t2-,3-,4-,5+,6+/m1/s1. The first kappa shape index (κ1) is 25.4. The number of aliphatic hydroxyl groups is 1. The highest BCUT2D eigenvalue weighted by Gasteiger charge is 2.54. The van der Waals surface area contributed by atoms with Gasteiger partial charge in [0.05, 0.1) is 6.10 Å². The summed E-state index contributed by atoms with van der Waals surface area (Å²) < 4.78 is 60.9. The third-order valence-electron chi connectivity index (χ3n) is 2.92. The number of hydrogen-bond acceptors (Lipinski definition) is 9. The van der Waals surface area contributed by atoms with E-state index in [1.54, 1.807) is 0 Å². The highest BCUT2D eigenvalue weighted by Crippen LogP contribution is 2.52. The fraction of sp³-hybridized carbons (Fsp3) is 1.00. The summed E-state index contributed by atoms with van der Waals surface area (Å²) in [5.74, 6) is 0. The molecule has 1 aliphatic rings. The van der Waals surface area contributed by atoms with E-state index in [4.69, 9.17) is 39.1 Å². The van der Waals surface area contributed by atoms with Gasteiger partial charge in [-0.25, -0.2) is 18.3 Å². The summed E-state index contributed by atoms with van der Waals surface area (Å²) in [5, 5.41) is 9.90. The fourth-order valence-electron chi connectivity index (χ4n) is 2.26. The molecule has 17 nitrogen and oxygen atoms in total. The second kappa shape index (κ2) is 8.64. The Hall–Kier alpha value is 0.400. The molecule has 1 fully saturated rings. The van der Waals surface area contributed by atoms with E-state index in [9.17, 15) is 23.4 Å². The monoisotopic (exact) mass is 484 g/mol. The lowest BCUT2D eigenvalue weighted by Crippen LogP contribution is -2.58. The second-order valence-electron chi connectivity index (χ2n) is 5.12. The topological polar surface area (TPSA) is 287 Å². The lowest BCUT2D eigenvalue weighted by Gasteiger charge is -2.43. The number of phosphoric acid groups is 4. The minimum Gasteiger partial charge on any atom is -0.390 e. The van der Waals surface area contributed by atoms with E-state index in [1.807, 2.05) is 0 Å². The van der Waals surface area contributed by atoms with Crippen molar-refractivity contribution in [3.05, 3.63) is 0 Å². The van der Waals surface area contributed by atoms with Crippen molar-refractivity contribution >= 4 is 31.3 Å². The van der Waals surface area contributed by atoms with Gasteiger partial charge >= 0.3 is 31.3 Å². The van der Waals surface area contributed by atoms with Crippen LogP contribution in [-0.4, -0.2) is 74.8 Å². The molecule has 21 heteroatoms. The third-order valence-corrected chi connectivity index (χ3v) is 5.02. The van der Waals surface area contributed by atoms with E-state index < -0.39 is 68.2 Å². The SMILES string of the molecule is O=P(O)(O)O[C@@H]1[C@@H](OP(=O)(O)O)[C@H](OP(=O)(O)O)C[C@@H](O)[C@H]1OP(=O)(O)O. The zero-order chi connectivity index (χ0) is 21.4. The van der Waals surface area contributed by atoms with Crippen molar-refractivity contribution in [2.75, 3.05) is 0 Å². The Morgan fingerprint density at radius 1 is 0.556 bits per heavy atom. The molecule has 0 spiro atoms. The molecule has 1 saturated carbocycles. The van der Waals surface area contributed by atoms with Gasteiger partial charge in [0, 0.05) is 6.42 Å². The largest absolute Gasteiger partial charge is 0.470 e. The van der Waals surface area contributed by atoms with Crippen LogP contribution in [0.4, 0.5) is 0 Å². The van der Waals surface area contributed by atoms with Gasteiger partial charge in [0.1, 0.15) is 24.4 Å². The average molecular weight is 484 g/mol.